The van der Waals surface area contributed by atoms with Crippen molar-refractivity contribution in [1.29, 1.82) is 0 Å². The maximum atomic E-state index is 13.5. The number of carbonyl (C=O) groups excluding carboxylic acids is 1. The number of amides is 1. The van der Waals surface area contributed by atoms with Gasteiger partial charge in [-0.05, 0) is 30.5 Å². The zero-order valence-electron chi connectivity index (χ0n) is 15.4. The lowest BCUT2D eigenvalue weighted by Gasteiger charge is -2.38. The molecule has 140 valence electrons. The SMILES string of the molecule is CCc1nccn1CC(=O)N1CC[C@H](OC)[C@H](Cc2cccc(F)c2)C1. The number of nitrogens with zero attached hydrogens (tertiary/aromatic N) is 3. The van der Waals surface area contributed by atoms with Gasteiger partial charge in [0.2, 0.25) is 5.91 Å². The van der Waals surface area contributed by atoms with Crippen LogP contribution < -0.4 is 0 Å². The summed E-state index contributed by atoms with van der Waals surface area (Å²) in [5.74, 6) is 0.943. The van der Waals surface area contributed by atoms with Gasteiger partial charge in [-0.3, -0.25) is 4.79 Å². The Hall–Kier alpha value is -2.21. The van der Waals surface area contributed by atoms with E-state index >= 15 is 0 Å². The van der Waals surface area contributed by atoms with E-state index in [1.807, 2.05) is 28.7 Å². The molecule has 2 aromatic rings. The Morgan fingerprint density at radius 2 is 2.27 bits per heavy atom. The summed E-state index contributed by atoms with van der Waals surface area (Å²) in [4.78, 5) is 18.9. The number of aromatic nitrogens is 2. The lowest BCUT2D eigenvalue weighted by molar-refractivity contribution is -0.136. The second-order valence-electron chi connectivity index (χ2n) is 6.82. The summed E-state index contributed by atoms with van der Waals surface area (Å²) in [5, 5.41) is 0. The van der Waals surface area contributed by atoms with Gasteiger partial charge in [-0.15, -0.1) is 0 Å². The van der Waals surface area contributed by atoms with Gasteiger partial charge < -0.3 is 14.2 Å². The van der Waals surface area contributed by atoms with Gasteiger partial charge in [0.25, 0.3) is 0 Å². The van der Waals surface area contributed by atoms with Crippen molar-refractivity contribution in [3.8, 4) is 0 Å². The van der Waals surface area contributed by atoms with Gasteiger partial charge in [-0.1, -0.05) is 19.1 Å². The Balaban J connectivity index is 1.67. The van der Waals surface area contributed by atoms with Crippen LogP contribution in [0.5, 0.6) is 0 Å². The van der Waals surface area contributed by atoms with E-state index in [4.69, 9.17) is 4.74 Å². The number of rotatable bonds is 6. The average molecular weight is 359 g/mol. The molecule has 1 aromatic carbocycles. The molecule has 0 aliphatic carbocycles. The molecule has 5 nitrogen and oxygen atoms in total. The molecule has 1 amide bonds. The van der Waals surface area contributed by atoms with Crippen LogP contribution in [0.2, 0.25) is 0 Å². The highest BCUT2D eigenvalue weighted by Gasteiger charge is 2.31. The number of piperidine rings is 1. The Bertz CT molecular complexity index is 746. The van der Waals surface area contributed by atoms with Crippen LogP contribution in [0.15, 0.2) is 36.7 Å². The molecule has 0 N–H and O–H groups in total. The predicted octanol–water partition coefficient (Wildman–Crippen LogP) is 2.69. The van der Waals surface area contributed by atoms with E-state index in [-0.39, 0.29) is 23.7 Å². The fourth-order valence-electron chi connectivity index (χ4n) is 3.75. The standard InChI is InChI=1S/C20H26FN3O2/c1-3-19-22-8-10-23(19)14-20(25)24-9-7-18(26-2)16(13-24)11-15-5-4-6-17(21)12-15/h4-6,8,10,12,16,18H,3,7,9,11,13-14H2,1-2H3/t16-,18+/m1/s1. The fraction of sp³-hybridized carbons (Fsp3) is 0.500. The van der Waals surface area contributed by atoms with E-state index in [0.717, 1.165) is 24.2 Å². The van der Waals surface area contributed by atoms with E-state index < -0.39 is 0 Å². The lowest BCUT2D eigenvalue weighted by atomic mass is 9.88. The van der Waals surface area contributed by atoms with E-state index in [9.17, 15) is 9.18 Å². The molecule has 0 saturated carbocycles. The van der Waals surface area contributed by atoms with Gasteiger partial charge in [-0.25, -0.2) is 9.37 Å². The predicted molar refractivity (Wildman–Crippen MR) is 97.2 cm³/mol. The smallest absolute Gasteiger partial charge is 0.242 e. The minimum atomic E-state index is -0.229. The van der Waals surface area contributed by atoms with Crippen molar-refractivity contribution in [2.45, 2.75) is 38.8 Å². The fourth-order valence-corrected chi connectivity index (χ4v) is 3.75. The third-order valence-electron chi connectivity index (χ3n) is 5.13. The average Bonchev–Trinajstić information content (AvgIpc) is 3.08. The molecule has 1 aromatic heterocycles. The van der Waals surface area contributed by atoms with Crippen molar-refractivity contribution in [1.82, 2.24) is 14.5 Å². The van der Waals surface area contributed by atoms with Crippen LogP contribution in [-0.4, -0.2) is 46.7 Å². The number of methoxy groups -OCH3 is 1. The van der Waals surface area contributed by atoms with Gasteiger partial charge in [0, 0.05) is 44.9 Å². The molecular formula is C20H26FN3O2. The third-order valence-corrected chi connectivity index (χ3v) is 5.13. The number of ether oxygens (including phenoxy) is 1. The monoisotopic (exact) mass is 359 g/mol. The largest absolute Gasteiger partial charge is 0.381 e. The summed E-state index contributed by atoms with van der Waals surface area (Å²) >= 11 is 0. The summed E-state index contributed by atoms with van der Waals surface area (Å²) < 4.78 is 21.0. The molecule has 1 saturated heterocycles. The highest BCUT2D eigenvalue weighted by Crippen LogP contribution is 2.24. The zero-order valence-corrected chi connectivity index (χ0v) is 15.4. The van der Waals surface area contributed by atoms with Gasteiger partial charge in [-0.2, -0.15) is 0 Å². The van der Waals surface area contributed by atoms with Crippen molar-refractivity contribution in [2.24, 2.45) is 5.92 Å². The van der Waals surface area contributed by atoms with Gasteiger partial charge in [0.05, 0.1) is 6.10 Å². The summed E-state index contributed by atoms with van der Waals surface area (Å²) in [7, 11) is 1.71. The molecule has 0 spiro atoms. The van der Waals surface area contributed by atoms with Crippen LogP contribution in [0.25, 0.3) is 0 Å². The van der Waals surface area contributed by atoms with Crippen LogP contribution >= 0.6 is 0 Å². The van der Waals surface area contributed by atoms with Gasteiger partial charge in [0.1, 0.15) is 18.2 Å². The molecule has 2 heterocycles. The number of hydrogen-bond donors (Lipinski definition) is 0. The number of benzene rings is 1. The molecular weight excluding hydrogens is 333 g/mol. The highest BCUT2D eigenvalue weighted by atomic mass is 19.1. The van der Waals surface area contributed by atoms with Crippen molar-refractivity contribution >= 4 is 5.91 Å². The number of halogens is 1. The van der Waals surface area contributed by atoms with Crippen LogP contribution in [0, 0.1) is 11.7 Å². The lowest BCUT2D eigenvalue weighted by Crippen LogP contribution is -2.48. The third kappa shape index (κ3) is 4.30. The minimum absolute atomic E-state index is 0.0850. The highest BCUT2D eigenvalue weighted by molar-refractivity contribution is 5.76. The maximum Gasteiger partial charge on any atom is 0.242 e. The van der Waals surface area contributed by atoms with Crippen LogP contribution in [0.3, 0.4) is 0 Å². The molecule has 26 heavy (non-hydrogen) atoms. The molecule has 1 fully saturated rings. The van der Waals surface area contributed by atoms with Crippen molar-refractivity contribution in [2.75, 3.05) is 20.2 Å². The first kappa shape index (κ1) is 18.6. The second-order valence-corrected chi connectivity index (χ2v) is 6.82. The molecule has 0 unspecified atom stereocenters. The zero-order chi connectivity index (χ0) is 18.5. The normalized spacial score (nSPS) is 20.3. The topological polar surface area (TPSA) is 47.4 Å². The van der Waals surface area contributed by atoms with Crippen LogP contribution in [0.1, 0.15) is 24.7 Å². The van der Waals surface area contributed by atoms with E-state index in [0.29, 0.717) is 26.1 Å². The Labute approximate surface area is 153 Å². The molecule has 6 heteroatoms. The first-order valence-corrected chi connectivity index (χ1v) is 9.15. The first-order chi connectivity index (χ1) is 12.6. The van der Waals surface area contributed by atoms with E-state index in [1.165, 1.54) is 6.07 Å². The summed E-state index contributed by atoms with van der Waals surface area (Å²) in [6.45, 7) is 3.66. The van der Waals surface area contributed by atoms with Crippen molar-refractivity contribution in [3.63, 3.8) is 0 Å². The molecule has 1 aliphatic heterocycles. The molecule has 1 aliphatic rings. The van der Waals surface area contributed by atoms with E-state index in [2.05, 4.69) is 4.98 Å². The quantitative estimate of drug-likeness (QED) is 0.797. The number of aryl methyl sites for hydroxylation is 1. The summed E-state index contributed by atoms with van der Waals surface area (Å²) in [6.07, 6.45) is 5.97. The van der Waals surface area contributed by atoms with E-state index in [1.54, 1.807) is 25.4 Å². The molecule has 2 atom stereocenters. The van der Waals surface area contributed by atoms with Gasteiger partial charge in [0.15, 0.2) is 0 Å². The number of hydrogen-bond acceptors (Lipinski definition) is 3. The summed E-state index contributed by atoms with van der Waals surface area (Å²) in [5.41, 5.74) is 0.939. The summed E-state index contributed by atoms with van der Waals surface area (Å²) in [6, 6.07) is 6.66. The first-order valence-electron chi connectivity index (χ1n) is 9.15. The van der Waals surface area contributed by atoms with Crippen molar-refractivity contribution < 1.29 is 13.9 Å². The molecule has 0 bridgehead atoms. The minimum Gasteiger partial charge on any atom is -0.381 e. The number of imidazole rings is 1. The van der Waals surface area contributed by atoms with Crippen molar-refractivity contribution in [3.05, 3.63) is 53.9 Å². The van der Waals surface area contributed by atoms with Gasteiger partial charge >= 0.3 is 0 Å². The number of carbonyl (C=O) groups is 1. The maximum absolute atomic E-state index is 13.5. The Morgan fingerprint density at radius 3 is 3.00 bits per heavy atom. The Kier molecular flexibility index (Phi) is 6.04. The molecule has 3 rings (SSSR count). The Morgan fingerprint density at radius 1 is 1.42 bits per heavy atom. The van der Waals surface area contributed by atoms with Crippen LogP contribution in [-0.2, 0) is 28.9 Å². The second kappa shape index (κ2) is 8.45. The molecule has 0 radical (unpaired) electrons. The number of likely N-dealkylation sites (tertiary alicyclic amines) is 1. The van der Waals surface area contributed by atoms with Crippen LogP contribution in [0.4, 0.5) is 4.39 Å².